The molecule has 42 heavy (non-hydrogen) atoms. The highest BCUT2D eigenvalue weighted by Crippen LogP contribution is 2.34. The topological polar surface area (TPSA) is 82.1 Å². The molecule has 0 aliphatic carbocycles. The summed E-state index contributed by atoms with van der Waals surface area (Å²) in [4.78, 5) is 26.9. The highest BCUT2D eigenvalue weighted by Gasteiger charge is 2.41. The number of Topliss-reactive ketones (excluding diaryl/α,β-unsaturated/α-hetero) is 1. The molecule has 0 saturated heterocycles. The van der Waals surface area contributed by atoms with E-state index in [1.165, 1.54) is 6.08 Å². The Hall–Kier alpha value is -2.22. The average molecular weight is 603 g/mol. The highest BCUT2D eigenvalue weighted by molar-refractivity contribution is 6.73. The molecule has 0 bridgehead atoms. The van der Waals surface area contributed by atoms with E-state index < -0.39 is 26.3 Å². The van der Waals surface area contributed by atoms with E-state index >= 15 is 0 Å². The summed E-state index contributed by atoms with van der Waals surface area (Å²) >= 11 is 0. The largest absolute Gasteiger partial charge is 0.488 e. The van der Waals surface area contributed by atoms with E-state index in [1.54, 1.807) is 6.08 Å². The van der Waals surface area contributed by atoms with E-state index in [0.29, 0.717) is 30.6 Å². The second-order valence-electron chi connectivity index (χ2n) is 12.0. The number of aryl methyl sites for hydroxylation is 2. The number of carbonyl (C=O) groups is 2. The number of ketones is 1. The lowest BCUT2D eigenvalue weighted by Gasteiger charge is -2.39. The molecule has 0 aliphatic heterocycles. The Bertz CT molecular complexity index is 1010. The number of carbonyl (C=O) groups excluding carboxylic acids is 2. The Labute approximate surface area is 257 Å². The molecule has 0 heterocycles. The van der Waals surface area contributed by atoms with Gasteiger partial charge in [-0.05, 0) is 67.3 Å². The van der Waals surface area contributed by atoms with Crippen molar-refractivity contribution in [1.29, 1.82) is 0 Å². The van der Waals surface area contributed by atoms with E-state index in [4.69, 9.17) is 13.9 Å². The molecule has 0 spiro atoms. The molecular formula is C35H58O6Si. The molecule has 0 aliphatic rings. The number of benzene rings is 1. The second kappa shape index (κ2) is 18.4. The highest BCUT2D eigenvalue weighted by atomic mass is 28.4. The molecule has 7 heteroatoms. The summed E-state index contributed by atoms with van der Waals surface area (Å²) in [5, 5.41) is 11.4. The first-order chi connectivity index (χ1) is 19.9. The van der Waals surface area contributed by atoms with Crippen LogP contribution in [0.25, 0.3) is 0 Å². The van der Waals surface area contributed by atoms with Crippen LogP contribution in [0.5, 0.6) is 5.75 Å². The van der Waals surface area contributed by atoms with Gasteiger partial charge < -0.3 is 19.0 Å². The molecule has 0 amide bonds. The van der Waals surface area contributed by atoms with E-state index in [9.17, 15) is 14.7 Å². The van der Waals surface area contributed by atoms with Gasteiger partial charge in [-0.1, -0.05) is 92.8 Å². The summed E-state index contributed by atoms with van der Waals surface area (Å²) in [7, 11) is -1.92. The first-order valence-corrected chi connectivity index (χ1v) is 18.4. The molecular weight excluding hydrogens is 544 g/mol. The van der Waals surface area contributed by atoms with Gasteiger partial charge in [0.05, 0.1) is 12.2 Å². The van der Waals surface area contributed by atoms with Crippen LogP contribution in [0.1, 0.15) is 89.7 Å². The third-order valence-corrected chi connectivity index (χ3v) is 13.6. The SMILES string of the molecule is C=CCOC(=O)c1c(CC[C@@H](C)[C@H](O)[C@@H](C)C(=O)[C@H](CC)[C@@H](O[Si](CC)(CC)CC)C(C)C)ccc(C)c1OCC=C. The van der Waals surface area contributed by atoms with Crippen LogP contribution in [0.15, 0.2) is 37.4 Å². The summed E-state index contributed by atoms with van der Waals surface area (Å²) in [6, 6.07) is 6.94. The van der Waals surface area contributed by atoms with Crippen LogP contribution in [-0.4, -0.2) is 50.6 Å². The number of ether oxygens (including phenoxy) is 2. The maximum atomic E-state index is 13.9. The van der Waals surface area contributed by atoms with Gasteiger partial charge in [-0.15, -0.1) is 0 Å². The van der Waals surface area contributed by atoms with Crippen LogP contribution in [0.2, 0.25) is 18.1 Å². The average Bonchev–Trinajstić information content (AvgIpc) is 2.99. The summed E-state index contributed by atoms with van der Waals surface area (Å²) in [6.45, 7) is 26.4. The van der Waals surface area contributed by atoms with E-state index in [0.717, 1.165) is 29.3 Å². The first-order valence-electron chi connectivity index (χ1n) is 15.9. The summed E-state index contributed by atoms with van der Waals surface area (Å²) < 4.78 is 18.2. The van der Waals surface area contributed by atoms with Crippen LogP contribution in [0, 0.1) is 30.6 Å². The Balaban J connectivity index is 3.18. The number of hydrogen-bond acceptors (Lipinski definition) is 6. The molecule has 0 radical (unpaired) electrons. The standard InChI is InChI=1S/C35H58O6Si/c1-12-22-39-34-26(10)19-21-28(30(34)35(38)40-23-13-2)20-18-25(9)31(36)27(11)32(37)29(14-3)33(24(7)8)41-42(15-4,16-5)17-6/h12-13,19,21,24-25,27,29,31,33,36H,1-2,14-18,20,22-23H2,3-11H3/t25-,27-,29+,31+,33+/m1/s1. The van der Waals surface area contributed by atoms with Crippen LogP contribution in [-0.2, 0) is 20.4 Å². The fourth-order valence-corrected chi connectivity index (χ4v) is 8.83. The summed E-state index contributed by atoms with van der Waals surface area (Å²) in [5.41, 5.74) is 2.00. The van der Waals surface area contributed by atoms with Crippen molar-refractivity contribution in [3.63, 3.8) is 0 Å². The Morgan fingerprint density at radius 3 is 2.07 bits per heavy atom. The van der Waals surface area contributed by atoms with Gasteiger partial charge in [-0.2, -0.15) is 0 Å². The van der Waals surface area contributed by atoms with Crippen molar-refractivity contribution in [3.8, 4) is 5.75 Å². The lowest BCUT2D eigenvalue weighted by atomic mass is 9.78. The number of hydrogen-bond donors (Lipinski definition) is 1. The van der Waals surface area contributed by atoms with Gasteiger partial charge in [-0.3, -0.25) is 4.79 Å². The normalized spacial score (nSPS) is 15.4. The monoisotopic (exact) mass is 602 g/mol. The third-order valence-electron chi connectivity index (χ3n) is 8.91. The molecule has 0 fully saturated rings. The fourth-order valence-electron chi connectivity index (χ4n) is 5.81. The molecule has 5 atom stereocenters. The van der Waals surface area contributed by atoms with Crippen LogP contribution >= 0.6 is 0 Å². The van der Waals surface area contributed by atoms with Crippen molar-refractivity contribution in [2.24, 2.45) is 23.7 Å². The summed E-state index contributed by atoms with van der Waals surface area (Å²) in [6.07, 6.45) is 3.99. The van der Waals surface area contributed by atoms with E-state index in [2.05, 4.69) is 47.8 Å². The van der Waals surface area contributed by atoms with E-state index in [-0.39, 0.29) is 42.9 Å². The lowest BCUT2D eigenvalue weighted by molar-refractivity contribution is -0.135. The third kappa shape index (κ3) is 9.92. The zero-order chi connectivity index (χ0) is 32.0. The Morgan fingerprint density at radius 1 is 0.976 bits per heavy atom. The van der Waals surface area contributed by atoms with Crippen LogP contribution in [0.4, 0.5) is 0 Å². The molecule has 1 aromatic carbocycles. The summed E-state index contributed by atoms with van der Waals surface area (Å²) in [5.74, 6) is -0.675. The minimum Gasteiger partial charge on any atom is -0.488 e. The van der Waals surface area contributed by atoms with Gasteiger partial charge in [-0.25, -0.2) is 4.79 Å². The maximum absolute atomic E-state index is 13.9. The van der Waals surface area contributed by atoms with Crippen LogP contribution in [0.3, 0.4) is 0 Å². The van der Waals surface area contributed by atoms with E-state index in [1.807, 2.05) is 39.8 Å². The maximum Gasteiger partial charge on any atom is 0.342 e. The lowest BCUT2D eigenvalue weighted by Crippen LogP contribution is -2.48. The molecule has 6 nitrogen and oxygen atoms in total. The minimum absolute atomic E-state index is 0.0749. The van der Waals surface area contributed by atoms with Gasteiger partial charge >= 0.3 is 5.97 Å². The number of aliphatic hydroxyl groups is 1. The molecule has 1 N–H and O–H groups in total. The van der Waals surface area contributed by atoms with Crippen molar-refractivity contribution in [3.05, 3.63) is 54.1 Å². The van der Waals surface area contributed by atoms with Crippen molar-refractivity contribution in [1.82, 2.24) is 0 Å². The van der Waals surface area contributed by atoms with Crippen LogP contribution < -0.4 is 4.74 Å². The Morgan fingerprint density at radius 2 is 1.57 bits per heavy atom. The predicted octanol–water partition coefficient (Wildman–Crippen LogP) is 8.11. The van der Waals surface area contributed by atoms with Gasteiger partial charge in [0.1, 0.15) is 30.3 Å². The van der Waals surface area contributed by atoms with Crippen molar-refractivity contribution < 1.29 is 28.6 Å². The molecule has 0 aromatic heterocycles. The number of aliphatic hydroxyl groups excluding tert-OH is 1. The smallest absolute Gasteiger partial charge is 0.342 e. The molecule has 1 aromatic rings. The number of esters is 1. The quantitative estimate of drug-likeness (QED) is 0.0870. The van der Waals surface area contributed by atoms with Gasteiger partial charge in [0, 0.05) is 11.8 Å². The zero-order valence-corrected chi connectivity index (χ0v) is 28.8. The van der Waals surface area contributed by atoms with Gasteiger partial charge in [0.15, 0.2) is 8.32 Å². The fraction of sp³-hybridized carbons (Fsp3) is 0.657. The van der Waals surface area contributed by atoms with Gasteiger partial charge in [0.2, 0.25) is 0 Å². The molecule has 238 valence electrons. The second-order valence-corrected chi connectivity index (χ2v) is 16.7. The zero-order valence-electron chi connectivity index (χ0n) is 27.8. The first kappa shape index (κ1) is 37.8. The van der Waals surface area contributed by atoms with Gasteiger partial charge in [0.25, 0.3) is 0 Å². The Kier molecular flexibility index (Phi) is 16.6. The number of rotatable bonds is 21. The molecule has 0 unspecified atom stereocenters. The van der Waals surface area contributed by atoms with Crippen molar-refractivity contribution in [2.45, 2.75) is 112 Å². The van der Waals surface area contributed by atoms with Crippen molar-refractivity contribution in [2.75, 3.05) is 13.2 Å². The molecule has 1 rings (SSSR count). The minimum atomic E-state index is -1.92. The van der Waals surface area contributed by atoms with Crippen molar-refractivity contribution >= 4 is 20.1 Å². The molecule has 0 saturated carbocycles. The predicted molar refractivity (Wildman–Crippen MR) is 176 cm³/mol.